The second-order valence-corrected chi connectivity index (χ2v) is 7.54. The zero-order chi connectivity index (χ0) is 19.8. The smallest absolute Gasteiger partial charge is 0.231 e. The van der Waals surface area contributed by atoms with Gasteiger partial charge in [0.15, 0.2) is 11.5 Å². The number of likely N-dealkylation sites (tertiary alicyclic amines) is 1. The molecule has 1 aromatic heterocycles. The number of hydrogen-bond acceptors (Lipinski definition) is 6. The Bertz CT molecular complexity index is 1090. The average molecular weight is 410 g/mol. The number of hydrogen-bond donors (Lipinski definition) is 0. The second kappa shape index (κ2) is 7.53. The zero-order valence-electron chi connectivity index (χ0n) is 16.2. The molecule has 0 N–H and O–H groups in total. The molecule has 0 aliphatic carbocycles. The van der Waals surface area contributed by atoms with E-state index in [2.05, 4.69) is 22.1 Å². The van der Waals surface area contributed by atoms with Crippen LogP contribution in [0.1, 0.15) is 24.4 Å². The van der Waals surface area contributed by atoms with Gasteiger partial charge in [-0.3, -0.25) is 9.47 Å². The van der Waals surface area contributed by atoms with Crippen LogP contribution in [-0.2, 0) is 6.67 Å². The number of nitrogens with zero attached hydrogens (tertiary/aromatic N) is 4. The summed E-state index contributed by atoms with van der Waals surface area (Å²) in [6.45, 7) is 1.94. The lowest BCUT2D eigenvalue weighted by atomic mass is 10.0. The molecular formula is C21H22N4O3S. The molecule has 2 aliphatic heterocycles. The fourth-order valence-corrected chi connectivity index (χ4v) is 4.34. The van der Waals surface area contributed by atoms with Crippen LogP contribution in [-0.4, -0.2) is 39.7 Å². The van der Waals surface area contributed by atoms with Crippen molar-refractivity contribution in [3.63, 3.8) is 0 Å². The molecule has 0 radical (unpaired) electrons. The Morgan fingerprint density at radius 1 is 1.17 bits per heavy atom. The maximum absolute atomic E-state index is 5.71. The summed E-state index contributed by atoms with van der Waals surface area (Å²) < 4.78 is 20.9. The predicted octanol–water partition coefficient (Wildman–Crippen LogP) is 3.94. The second-order valence-electron chi connectivity index (χ2n) is 7.18. The topological polar surface area (TPSA) is 53.7 Å². The SMILES string of the molecule is COc1ccccc1-n1cnn(CN2CCCC2c2ccc3c(c2)OCO3)c1=S. The number of fused-ring (bicyclic) bond motifs is 1. The molecule has 3 aromatic rings. The quantitative estimate of drug-likeness (QED) is 0.594. The molecule has 150 valence electrons. The summed E-state index contributed by atoms with van der Waals surface area (Å²) in [5, 5.41) is 4.55. The van der Waals surface area contributed by atoms with E-state index >= 15 is 0 Å². The fourth-order valence-electron chi connectivity index (χ4n) is 4.09. The molecule has 0 saturated carbocycles. The minimum atomic E-state index is 0.294. The summed E-state index contributed by atoms with van der Waals surface area (Å²) in [6.07, 6.45) is 3.99. The number of rotatable bonds is 5. The Labute approximate surface area is 174 Å². The van der Waals surface area contributed by atoms with E-state index in [1.807, 2.05) is 39.6 Å². The molecule has 0 amide bonds. The van der Waals surface area contributed by atoms with E-state index in [4.69, 9.17) is 26.4 Å². The minimum absolute atomic E-state index is 0.294. The largest absolute Gasteiger partial charge is 0.495 e. The van der Waals surface area contributed by atoms with Gasteiger partial charge in [0.05, 0.1) is 19.5 Å². The molecule has 1 fully saturated rings. The number of ether oxygens (including phenoxy) is 3. The Morgan fingerprint density at radius 2 is 2.03 bits per heavy atom. The summed E-state index contributed by atoms with van der Waals surface area (Å²) in [5.41, 5.74) is 2.13. The lowest BCUT2D eigenvalue weighted by Crippen LogP contribution is -2.27. The molecule has 0 spiro atoms. The Balaban J connectivity index is 1.40. The maximum Gasteiger partial charge on any atom is 0.231 e. The molecule has 1 atom stereocenters. The van der Waals surface area contributed by atoms with Gasteiger partial charge in [0.1, 0.15) is 12.1 Å². The van der Waals surface area contributed by atoms with Gasteiger partial charge in [-0.15, -0.1) is 0 Å². The number of para-hydroxylation sites is 2. The number of methoxy groups -OCH3 is 1. The van der Waals surface area contributed by atoms with Gasteiger partial charge in [-0.2, -0.15) is 5.10 Å². The van der Waals surface area contributed by atoms with Gasteiger partial charge in [-0.1, -0.05) is 18.2 Å². The molecule has 5 rings (SSSR count). The standard InChI is InChI=1S/C21H22N4O3S/c1-26-18-7-3-2-5-17(18)24-12-22-25(21(24)29)13-23-10-4-6-16(23)15-8-9-19-20(11-15)28-14-27-19/h2-3,5,7-9,11-12,16H,4,6,10,13-14H2,1H3. The molecule has 2 aliphatic rings. The Hall–Kier alpha value is -2.84. The lowest BCUT2D eigenvalue weighted by molar-refractivity contribution is 0.173. The van der Waals surface area contributed by atoms with Crippen molar-refractivity contribution in [2.24, 2.45) is 0 Å². The summed E-state index contributed by atoms with van der Waals surface area (Å²) in [6, 6.07) is 14.3. The Kier molecular flexibility index (Phi) is 4.73. The molecular weight excluding hydrogens is 388 g/mol. The summed E-state index contributed by atoms with van der Waals surface area (Å²) in [7, 11) is 1.66. The van der Waals surface area contributed by atoms with Crippen molar-refractivity contribution in [3.05, 3.63) is 59.1 Å². The van der Waals surface area contributed by atoms with Gasteiger partial charge < -0.3 is 14.2 Å². The van der Waals surface area contributed by atoms with Gasteiger partial charge in [-0.25, -0.2) is 4.68 Å². The Morgan fingerprint density at radius 3 is 2.93 bits per heavy atom. The highest BCUT2D eigenvalue weighted by Crippen LogP contribution is 2.39. The molecule has 1 saturated heterocycles. The van der Waals surface area contributed by atoms with Crippen LogP contribution >= 0.6 is 12.2 Å². The maximum atomic E-state index is 5.71. The normalized spacial score (nSPS) is 18.3. The van der Waals surface area contributed by atoms with Crippen LogP contribution in [0.15, 0.2) is 48.8 Å². The summed E-state index contributed by atoms with van der Waals surface area (Å²) in [4.78, 5) is 2.41. The van der Waals surface area contributed by atoms with Crippen LogP contribution in [0.4, 0.5) is 0 Å². The first-order valence-electron chi connectivity index (χ1n) is 9.66. The van der Waals surface area contributed by atoms with Crippen molar-refractivity contribution in [1.82, 2.24) is 19.2 Å². The fraction of sp³-hybridized carbons (Fsp3) is 0.333. The minimum Gasteiger partial charge on any atom is -0.495 e. The highest BCUT2D eigenvalue weighted by molar-refractivity contribution is 7.71. The van der Waals surface area contributed by atoms with Crippen LogP contribution in [0, 0.1) is 4.77 Å². The van der Waals surface area contributed by atoms with Crippen molar-refractivity contribution in [2.75, 3.05) is 20.4 Å². The monoisotopic (exact) mass is 410 g/mol. The van der Waals surface area contributed by atoms with Crippen LogP contribution in [0.5, 0.6) is 17.2 Å². The van der Waals surface area contributed by atoms with E-state index in [1.54, 1.807) is 13.4 Å². The van der Waals surface area contributed by atoms with Gasteiger partial charge in [0, 0.05) is 12.6 Å². The summed E-state index contributed by atoms with van der Waals surface area (Å²) >= 11 is 5.71. The highest BCUT2D eigenvalue weighted by Gasteiger charge is 2.28. The van der Waals surface area contributed by atoms with E-state index in [-0.39, 0.29) is 0 Å². The third kappa shape index (κ3) is 3.28. The first-order valence-corrected chi connectivity index (χ1v) is 10.1. The van der Waals surface area contributed by atoms with Gasteiger partial charge >= 0.3 is 0 Å². The van der Waals surface area contributed by atoms with Crippen LogP contribution in [0.25, 0.3) is 5.69 Å². The predicted molar refractivity (Wildman–Crippen MR) is 110 cm³/mol. The van der Waals surface area contributed by atoms with Crippen molar-refractivity contribution >= 4 is 12.2 Å². The third-order valence-electron chi connectivity index (χ3n) is 5.54. The van der Waals surface area contributed by atoms with Crippen LogP contribution < -0.4 is 14.2 Å². The molecule has 8 heteroatoms. The zero-order valence-corrected chi connectivity index (χ0v) is 17.0. The molecule has 3 heterocycles. The van der Waals surface area contributed by atoms with E-state index < -0.39 is 0 Å². The van der Waals surface area contributed by atoms with E-state index in [0.29, 0.717) is 24.3 Å². The molecule has 1 unspecified atom stereocenters. The summed E-state index contributed by atoms with van der Waals surface area (Å²) in [5.74, 6) is 2.41. The van der Waals surface area contributed by atoms with E-state index in [1.165, 1.54) is 5.56 Å². The van der Waals surface area contributed by atoms with E-state index in [0.717, 1.165) is 42.3 Å². The lowest BCUT2D eigenvalue weighted by Gasteiger charge is -2.24. The van der Waals surface area contributed by atoms with Gasteiger partial charge in [0.2, 0.25) is 11.6 Å². The first kappa shape index (κ1) is 18.2. The van der Waals surface area contributed by atoms with Crippen LogP contribution in [0.3, 0.4) is 0 Å². The first-order chi connectivity index (χ1) is 14.2. The van der Waals surface area contributed by atoms with Gasteiger partial charge in [0.25, 0.3) is 0 Å². The van der Waals surface area contributed by atoms with Crippen molar-refractivity contribution in [2.45, 2.75) is 25.6 Å². The van der Waals surface area contributed by atoms with Crippen LogP contribution in [0.2, 0.25) is 0 Å². The molecule has 2 aromatic carbocycles. The van der Waals surface area contributed by atoms with Crippen molar-refractivity contribution in [1.29, 1.82) is 0 Å². The average Bonchev–Trinajstić information content (AvgIpc) is 3.48. The van der Waals surface area contributed by atoms with E-state index in [9.17, 15) is 0 Å². The molecule has 7 nitrogen and oxygen atoms in total. The number of aromatic nitrogens is 3. The van der Waals surface area contributed by atoms with Gasteiger partial charge in [-0.05, 0) is 54.9 Å². The molecule has 29 heavy (non-hydrogen) atoms. The van der Waals surface area contributed by atoms with Crippen molar-refractivity contribution < 1.29 is 14.2 Å². The third-order valence-corrected chi connectivity index (χ3v) is 5.95. The number of benzene rings is 2. The van der Waals surface area contributed by atoms with Crippen molar-refractivity contribution in [3.8, 4) is 22.9 Å². The molecule has 0 bridgehead atoms. The highest BCUT2D eigenvalue weighted by atomic mass is 32.1.